The zero-order valence-corrected chi connectivity index (χ0v) is 29.9. The number of ether oxygens (including phenoxy) is 3. The molecule has 0 saturated carbocycles. The van der Waals surface area contributed by atoms with E-state index in [1.54, 1.807) is 24.3 Å². The maximum Gasteiger partial charge on any atom is 0.224 e. The Morgan fingerprint density at radius 3 is 1.88 bits per heavy atom. The molecule has 0 bridgehead atoms. The van der Waals surface area contributed by atoms with Crippen molar-refractivity contribution in [2.75, 3.05) is 13.2 Å². The number of amides is 1. The molecule has 1 amide bonds. The fourth-order valence-electron chi connectivity index (χ4n) is 6.12. The molecule has 0 aliphatic carbocycles. The molecule has 11 nitrogen and oxygen atoms in total. The van der Waals surface area contributed by atoms with E-state index in [0.29, 0.717) is 29.9 Å². The lowest BCUT2D eigenvalue weighted by Crippen LogP contribution is -2.60. The zero-order chi connectivity index (χ0) is 36.3. The van der Waals surface area contributed by atoms with E-state index >= 15 is 0 Å². The molecule has 2 unspecified atom stereocenters. The molecule has 0 spiro atoms. The van der Waals surface area contributed by atoms with Gasteiger partial charge >= 0.3 is 0 Å². The number of carbonyl (C=O) groups is 1. The highest BCUT2D eigenvalue weighted by molar-refractivity contribution is 5.79. The van der Waals surface area contributed by atoms with Gasteiger partial charge in [-0.05, 0) is 43.2 Å². The van der Waals surface area contributed by atoms with Gasteiger partial charge in [0, 0.05) is 0 Å². The third kappa shape index (κ3) is 14.6. The highest BCUT2D eigenvalue weighted by atomic mass is 16.7. The SMILES string of the molecule is CCCCCCCCCCCCCC[C@@H](O)[C@@H](O)[C@H](CO[C@H]1OC(CO)[C@H](O)[C@H](O)C1O)NC(=O)Cc1ccc(Oc2ccc(C)cc2)cc1. The van der Waals surface area contributed by atoms with E-state index < -0.39 is 61.5 Å². The normalized spacial score (nSPS) is 22.5. The first-order chi connectivity index (χ1) is 24.1. The summed E-state index contributed by atoms with van der Waals surface area (Å²) < 4.78 is 17.0. The average molecular weight is 704 g/mol. The van der Waals surface area contributed by atoms with Crippen LogP contribution in [0.25, 0.3) is 0 Å². The first-order valence-electron chi connectivity index (χ1n) is 18.5. The molecule has 282 valence electrons. The smallest absolute Gasteiger partial charge is 0.224 e. The van der Waals surface area contributed by atoms with Crippen LogP contribution in [-0.2, 0) is 20.7 Å². The van der Waals surface area contributed by atoms with Gasteiger partial charge in [-0.1, -0.05) is 114 Å². The molecule has 1 saturated heterocycles. The van der Waals surface area contributed by atoms with Gasteiger partial charge in [0.25, 0.3) is 0 Å². The molecule has 1 aliphatic heterocycles. The summed E-state index contributed by atoms with van der Waals surface area (Å²) in [6.45, 7) is 3.22. The molecule has 1 heterocycles. The van der Waals surface area contributed by atoms with E-state index in [2.05, 4.69) is 12.2 Å². The lowest BCUT2D eigenvalue weighted by molar-refractivity contribution is -0.303. The summed E-state index contributed by atoms with van der Waals surface area (Å²) in [5.41, 5.74) is 1.82. The fourth-order valence-corrected chi connectivity index (χ4v) is 6.12. The van der Waals surface area contributed by atoms with E-state index in [-0.39, 0.29) is 13.0 Å². The van der Waals surface area contributed by atoms with Crippen molar-refractivity contribution in [2.24, 2.45) is 0 Å². The highest BCUT2D eigenvalue weighted by Crippen LogP contribution is 2.24. The van der Waals surface area contributed by atoms with Crippen molar-refractivity contribution in [1.82, 2.24) is 5.32 Å². The third-order valence-electron chi connectivity index (χ3n) is 9.34. The fraction of sp³-hybridized carbons (Fsp3) is 0.667. The van der Waals surface area contributed by atoms with Crippen LogP contribution in [0.15, 0.2) is 48.5 Å². The lowest BCUT2D eigenvalue weighted by atomic mass is 9.98. The van der Waals surface area contributed by atoms with E-state index in [1.165, 1.54) is 51.4 Å². The molecule has 1 aliphatic rings. The van der Waals surface area contributed by atoms with Crippen molar-refractivity contribution in [3.8, 4) is 11.5 Å². The van der Waals surface area contributed by atoms with Gasteiger partial charge in [0.2, 0.25) is 5.91 Å². The second kappa shape index (κ2) is 23.1. The minimum atomic E-state index is -1.65. The molecule has 1 fully saturated rings. The van der Waals surface area contributed by atoms with Crippen LogP contribution >= 0.6 is 0 Å². The van der Waals surface area contributed by atoms with Gasteiger partial charge in [-0.2, -0.15) is 0 Å². The maximum atomic E-state index is 13.2. The van der Waals surface area contributed by atoms with Gasteiger partial charge in [-0.3, -0.25) is 4.79 Å². The number of hydrogen-bond acceptors (Lipinski definition) is 10. The van der Waals surface area contributed by atoms with Crippen LogP contribution in [0.5, 0.6) is 11.5 Å². The van der Waals surface area contributed by atoms with Crippen LogP contribution in [0.2, 0.25) is 0 Å². The maximum absolute atomic E-state index is 13.2. The Kier molecular flexibility index (Phi) is 19.3. The summed E-state index contributed by atoms with van der Waals surface area (Å²) in [6, 6.07) is 13.6. The first-order valence-corrected chi connectivity index (χ1v) is 18.5. The summed E-state index contributed by atoms with van der Waals surface area (Å²) >= 11 is 0. The van der Waals surface area contributed by atoms with E-state index in [1.807, 2.05) is 31.2 Å². The molecule has 3 rings (SSSR count). The van der Waals surface area contributed by atoms with Crippen molar-refractivity contribution in [3.05, 3.63) is 59.7 Å². The molecule has 11 heteroatoms. The Balaban J connectivity index is 1.51. The number of aliphatic hydroxyl groups is 6. The minimum absolute atomic E-state index is 0.0249. The van der Waals surface area contributed by atoms with Crippen LogP contribution in [0.1, 0.15) is 102 Å². The van der Waals surface area contributed by atoms with Crippen molar-refractivity contribution in [1.29, 1.82) is 0 Å². The summed E-state index contributed by atoms with van der Waals surface area (Å²) in [7, 11) is 0. The summed E-state index contributed by atoms with van der Waals surface area (Å²) in [6.07, 6.45) is 4.35. The van der Waals surface area contributed by atoms with Gasteiger partial charge in [0.15, 0.2) is 6.29 Å². The molecule has 2 aromatic rings. The monoisotopic (exact) mass is 703 g/mol. The molecule has 2 aromatic carbocycles. The Morgan fingerprint density at radius 2 is 1.32 bits per heavy atom. The molecule has 50 heavy (non-hydrogen) atoms. The highest BCUT2D eigenvalue weighted by Gasteiger charge is 2.44. The van der Waals surface area contributed by atoms with Crippen LogP contribution in [0, 0.1) is 6.92 Å². The van der Waals surface area contributed by atoms with Gasteiger partial charge in [0.05, 0.1) is 31.8 Å². The van der Waals surface area contributed by atoms with Gasteiger partial charge in [-0.25, -0.2) is 0 Å². The summed E-state index contributed by atoms with van der Waals surface area (Å²) in [4.78, 5) is 13.2. The van der Waals surface area contributed by atoms with Gasteiger partial charge < -0.3 is 50.2 Å². The van der Waals surface area contributed by atoms with Crippen LogP contribution in [0.4, 0.5) is 0 Å². The van der Waals surface area contributed by atoms with E-state index in [4.69, 9.17) is 14.2 Å². The number of benzene rings is 2. The molecule has 0 radical (unpaired) electrons. The average Bonchev–Trinajstić information content (AvgIpc) is 3.11. The molecule has 8 atom stereocenters. The number of hydrogen-bond donors (Lipinski definition) is 7. The standard InChI is InChI=1S/C39H61NO10/c1-3-4-5-6-7-8-9-10-11-12-13-14-15-32(42)35(44)31(26-48-39-38(47)37(46)36(45)33(25-41)50-39)40-34(43)24-28-18-22-30(23-19-28)49-29-20-16-27(2)17-21-29/h16-23,31-33,35-39,41-42,44-47H,3-15,24-26H2,1-2H3,(H,40,43)/t31-,32+,33?,35-,36-,37-,38?,39-/m0/s1. The number of nitrogens with one attached hydrogen (secondary N) is 1. The number of aliphatic hydroxyl groups excluding tert-OH is 6. The second-order valence-corrected chi connectivity index (χ2v) is 13.7. The van der Waals surface area contributed by atoms with E-state index in [0.717, 1.165) is 24.8 Å². The number of carbonyl (C=O) groups excluding carboxylic acids is 1. The van der Waals surface area contributed by atoms with Crippen molar-refractivity contribution in [2.45, 2.75) is 153 Å². The largest absolute Gasteiger partial charge is 0.457 e. The lowest BCUT2D eigenvalue weighted by Gasteiger charge is -2.40. The number of rotatable bonds is 24. The molecule has 7 N–H and O–H groups in total. The minimum Gasteiger partial charge on any atom is -0.457 e. The number of aryl methyl sites for hydroxylation is 1. The van der Waals surface area contributed by atoms with Gasteiger partial charge in [0.1, 0.15) is 42.0 Å². The van der Waals surface area contributed by atoms with Crippen LogP contribution in [-0.4, -0.2) is 98.7 Å². The second-order valence-electron chi connectivity index (χ2n) is 13.7. The first kappa shape index (κ1) is 41.8. The number of unbranched alkanes of at least 4 members (excludes halogenated alkanes) is 11. The topological polar surface area (TPSA) is 178 Å². The van der Waals surface area contributed by atoms with Gasteiger partial charge in [-0.15, -0.1) is 0 Å². The van der Waals surface area contributed by atoms with Crippen molar-refractivity contribution in [3.63, 3.8) is 0 Å². The molecular weight excluding hydrogens is 642 g/mol. The molecular formula is C39H61NO10. The quantitative estimate of drug-likeness (QED) is 0.0774. The van der Waals surface area contributed by atoms with Crippen molar-refractivity contribution < 1.29 is 49.6 Å². The molecule has 0 aromatic heterocycles. The zero-order valence-electron chi connectivity index (χ0n) is 29.9. The Morgan fingerprint density at radius 1 is 0.780 bits per heavy atom. The summed E-state index contributed by atoms with van der Waals surface area (Å²) in [5, 5.41) is 65.0. The van der Waals surface area contributed by atoms with Crippen molar-refractivity contribution >= 4 is 5.91 Å². The predicted molar refractivity (Wildman–Crippen MR) is 191 cm³/mol. The van der Waals surface area contributed by atoms with E-state index in [9.17, 15) is 35.4 Å². The predicted octanol–water partition coefficient (Wildman–Crippen LogP) is 4.44. The Labute approximate surface area is 297 Å². The summed E-state index contributed by atoms with van der Waals surface area (Å²) in [5.74, 6) is 0.871. The Hall–Kier alpha value is -2.61. The van der Waals surface area contributed by atoms with Crippen LogP contribution < -0.4 is 10.1 Å². The Bertz CT molecular complexity index is 1190. The third-order valence-corrected chi connectivity index (χ3v) is 9.34. The van der Waals surface area contributed by atoms with Crippen LogP contribution in [0.3, 0.4) is 0 Å².